The van der Waals surface area contributed by atoms with Crippen molar-refractivity contribution >= 4 is 63.1 Å². The van der Waals surface area contributed by atoms with Crippen LogP contribution in [-0.2, 0) is 35.9 Å². The summed E-state index contributed by atoms with van der Waals surface area (Å²) in [6.45, 7) is 2.26. The molecule has 5 heteroatoms. The Labute approximate surface area is 192 Å². The number of ether oxygens (including phenoxy) is 2. The number of benzene rings is 3. The van der Waals surface area contributed by atoms with Gasteiger partial charge in [-0.15, -0.1) is 22.7 Å². The van der Waals surface area contributed by atoms with E-state index in [1.807, 2.05) is 11.3 Å². The second-order valence-corrected chi connectivity index (χ2v) is 10.5. The Kier molecular flexibility index (Phi) is 4.30. The molecule has 0 fully saturated rings. The van der Waals surface area contributed by atoms with Crippen molar-refractivity contribution in [3.05, 3.63) is 89.1 Å². The second-order valence-electron chi connectivity index (χ2n) is 8.33. The van der Waals surface area contributed by atoms with Gasteiger partial charge in [-0.05, 0) is 65.2 Å². The van der Waals surface area contributed by atoms with Gasteiger partial charge in [0.2, 0.25) is 0 Å². The van der Waals surface area contributed by atoms with Crippen LogP contribution in [0.1, 0.15) is 22.4 Å². The van der Waals surface area contributed by atoms with Crippen LogP contribution in [0.4, 0.5) is 0 Å². The molecule has 7 rings (SSSR count). The minimum Gasteiger partial charge on any atom is -0.372 e. The van der Waals surface area contributed by atoms with E-state index in [0.29, 0.717) is 26.4 Å². The van der Waals surface area contributed by atoms with Crippen LogP contribution in [-0.4, -0.2) is 4.98 Å². The summed E-state index contributed by atoms with van der Waals surface area (Å²) in [5.41, 5.74) is 5.59. The van der Waals surface area contributed by atoms with Crippen LogP contribution >= 0.6 is 22.7 Å². The fourth-order valence-electron chi connectivity index (χ4n) is 4.51. The van der Waals surface area contributed by atoms with Crippen molar-refractivity contribution in [3.63, 3.8) is 0 Å². The zero-order valence-corrected chi connectivity index (χ0v) is 18.9. The fourth-order valence-corrected chi connectivity index (χ4v) is 6.61. The van der Waals surface area contributed by atoms with Gasteiger partial charge in [0.1, 0.15) is 0 Å². The number of pyridine rings is 1. The Bertz CT molecular complexity index is 1410. The van der Waals surface area contributed by atoms with Crippen LogP contribution in [0.15, 0.2) is 66.7 Å². The highest BCUT2D eigenvalue weighted by atomic mass is 32.1. The van der Waals surface area contributed by atoms with Gasteiger partial charge < -0.3 is 9.47 Å². The maximum atomic E-state index is 6.13. The molecule has 0 amide bonds. The van der Waals surface area contributed by atoms with Gasteiger partial charge in [0.25, 0.3) is 0 Å². The summed E-state index contributed by atoms with van der Waals surface area (Å²) in [5.74, 6) is 0. The molecule has 1 aliphatic heterocycles. The Morgan fingerprint density at radius 3 is 1.69 bits per heavy atom. The second kappa shape index (κ2) is 7.36. The van der Waals surface area contributed by atoms with Crippen LogP contribution in [0.2, 0.25) is 0 Å². The third-order valence-corrected chi connectivity index (χ3v) is 8.37. The number of aromatic nitrogens is 1. The van der Waals surface area contributed by atoms with E-state index in [4.69, 9.17) is 14.5 Å². The first-order valence-electron chi connectivity index (χ1n) is 10.7. The number of hydrogen-bond acceptors (Lipinski definition) is 5. The first-order valence-corrected chi connectivity index (χ1v) is 12.3. The highest BCUT2D eigenvalue weighted by molar-refractivity contribution is 7.26. The molecule has 3 nitrogen and oxygen atoms in total. The molecule has 6 aromatic rings. The Balaban J connectivity index is 1.35. The lowest BCUT2D eigenvalue weighted by Gasteiger charge is -2.07. The van der Waals surface area contributed by atoms with Gasteiger partial charge in [-0.25, -0.2) is 4.98 Å². The summed E-state index contributed by atoms with van der Waals surface area (Å²) in [4.78, 5) is 4.94. The Hall–Kier alpha value is -2.83. The summed E-state index contributed by atoms with van der Waals surface area (Å²) < 4.78 is 17.3. The van der Waals surface area contributed by atoms with Crippen molar-refractivity contribution in [1.29, 1.82) is 0 Å². The molecule has 4 heterocycles. The zero-order chi connectivity index (χ0) is 21.1. The molecule has 3 aromatic carbocycles. The summed E-state index contributed by atoms with van der Waals surface area (Å²) in [7, 11) is 0. The molecule has 0 N–H and O–H groups in total. The molecule has 0 aliphatic carbocycles. The van der Waals surface area contributed by atoms with Crippen LogP contribution in [0.25, 0.3) is 40.5 Å². The summed E-state index contributed by atoms with van der Waals surface area (Å²) >= 11 is 3.63. The third-order valence-electron chi connectivity index (χ3n) is 6.09. The number of fused-ring (bicyclic) bond motifs is 4. The van der Waals surface area contributed by atoms with E-state index in [1.54, 1.807) is 11.3 Å². The molecule has 0 spiro atoms. The minimum absolute atomic E-state index is 0.503. The van der Waals surface area contributed by atoms with Crippen molar-refractivity contribution < 1.29 is 9.47 Å². The monoisotopic (exact) mass is 453 g/mol. The average molecular weight is 454 g/mol. The lowest BCUT2D eigenvalue weighted by atomic mass is 10.1. The summed E-state index contributed by atoms with van der Waals surface area (Å²) in [5, 5.41) is 3.79. The standard InChI is InChI=1S/C27H19NO2S2/c1-5-23-20-9-16(1)12-29-13-18-3-7-25-22(11-18)27-26(32-25)8-4-19(28-27)15-30-14-17-2-6-24(31-23)21(20)10-17/h1-11H,12-15H2. The topological polar surface area (TPSA) is 31.4 Å². The first kappa shape index (κ1) is 18.7. The lowest BCUT2D eigenvalue weighted by molar-refractivity contribution is 0.105. The normalized spacial score (nSPS) is 14.8. The highest BCUT2D eigenvalue weighted by Gasteiger charge is 2.11. The zero-order valence-electron chi connectivity index (χ0n) is 17.3. The van der Waals surface area contributed by atoms with E-state index in [-0.39, 0.29) is 0 Å². The van der Waals surface area contributed by atoms with E-state index in [0.717, 1.165) is 11.2 Å². The molecule has 32 heavy (non-hydrogen) atoms. The number of nitrogens with zero attached hydrogens (tertiary/aromatic N) is 1. The largest absolute Gasteiger partial charge is 0.372 e. The minimum atomic E-state index is 0.503. The Morgan fingerprint density at radius 1 is 0.531 bits per heavy atom. The van der Waals surface area contributed by atoms with E-state index in [1.165, 1.54) is 51.6 Å². The van der Waals surface area contributed by atoms with Gasteiger partial charge in [-0.2, -0.15) is 0 Å². The van der Waals surface area contributed by atoms with Crippen LogP contribution in [0, 0.1) is 0 Å². The van der Waals surface area contributed by atoms with Crippen molar-refractivity contribution in [1.82, 2.24) is 4.98 Å². The number of thiophene rings is 2. The molecule has 0 atom stereocenters. The van der Waals surface area contributed by atoms with Crippen molar-refractivity contribution in [3.8, 4) is 0 Å². The van der Waals surface area contributed by atoms with Gasteiger partial charge in [-0.3, -0.25) is 0 Å². The summed E-state index contributed by atoms with van der Waals surface area (Å²) in [6, 6.07) is 24.2. The Morgan fingerprint density at radius 2 is 1.03 bits per heavy atom. The van der Waals surface area contributed by atoms with Crippen molar-refractivity contribution in [2.75, 3.05) is 0 Å². The van der Waals surface area contributed by atoms with Gasteiger partial charge in [0.05, 0.1) is 42.3 Å². The average Bonchev–Trinajstić information content (AvgIpc) is 3.36. The maximum absolute atomic E-state index is 6.13. The maximum Gasteiger partial charge on any atom is 0.0892 e. The summed E-state index contributed by atoms with van der Waals surface area (Å²) in [6.07, 6.45) is 0. The molecule has 0 unspecified atom stereocenters. The fraction of sp³-hybridized carbons (Fsp3) is 0.148. The number of hydrogen-bond donors (Lipinski definition) is 0. The van der Waals surface area contributed by atoms with Crippen LogP contribution in [0.5, 0.6) is 0 Å². The van der Waals surface area contributed by atoms with E-state index in [2.05, 4.69) is 66.7 Å². The molecule has 1 aliphatic rings. The van der Waals surface area contributed by atoms with Crippen LogP contribution < -0.4 is 0 Å². The lowest BCUT2D eigenvalue weighted by Crippen LogP contribution is -1.97. The third kappa shape index (κ3) is 3.12. The molecular weight excluding hydrogens is 434 g/mol. The van der Waals surface area contributed by atoms with Crippen molar-refractivity contribution in [2.45, 2.75) is 26.4 Å². The smallest absolute Gasteiger partial charge is 0.0892 e. The predicted octanol–water partition coefficient (Wildman–Crippen LogP) is 7.56. The van der Waals surface area contributed by atoms with Gasteiger partial charge >= 0.3 is 0 Å². The van der Waals surface area contributed by atoms with E-state index >= 15 is 0 Å². The molecular formula is C27H19NO2S2. The first-order chi connectivity index (χ1) is 15.8. The SMILES string of the molecule is c1cc2sc3ccc4cc3c2cc1COCc1ccc2sc3ccc(nc3c2c1)COC4. The molecule has 8 bridgehead atoms. The quantitative estimate of drug-likeness (QED) is 0.238. The van der Waals surface area contributed by atoms with Gasteiger partial charge in [0.15, 0.2) is 0 Å². The van der Waals surface area contributed by atoms with E-state index < -0.39 is 0 Å². The van der Waals surface area contributed by atoms with Gasteiger partial charge in [-0.1, -0.05) is 18.2 Å². The number of rotatable bonds is 0. The van der Waals surface area contributed by atoms with Crippen molar-refractivity contribution in [2.24, 2.45) is 0 Å². The van der Waals surface area contributed by atoms with E-state index in [9.17, 15) is 0 Å². The predicted molar refractivity (Wildman–Crippen MR) is 133 cm³/mol. The highest BCUT2D eigenvalue weighted by Crippen LogP contribution is 2.36. The molecule has 3 aromatic heterocycles. The molecule has 156 valence electrons. The molecule has 0 radical (unpaired) electrons. The molecule has 0 saturated carbocycles. The van der Waals surface area contributed by atoms with Gasteiger partial charge in [0, 0.05) is 30.3 Å². The van der Waals surface area contributed by atoms with Crippen LogP contribution in [0.3, 0.4) is 0 Å². The molecule has 0 saturated heterocycles.